The Morgan fingerprint density at radius 3 is 2.04 bits per heavy atom. The van der Waals surface area contributed by atoms with E-state index in [1.54, 1.807) is 36.3 Å². The molecule has 0 N–H and O–H groups in total. The number of carbonyl (C=O) groups excluding carboxylic acids is 2. The minimum absolute atomic E-state index is 0.226. The highest BCUT2D eigenvalue weighted by molar-refractivity contribution is 6.14. The second kappa shape index (κ2) is 7.56. The molecule has 1 aliphatic heterocycles. The third kappa shape index (κ3) is 3.22. The summed E-state index contributed by atoms with van der Waals surface area (Å²) in [6, 6.07) is 25.1. The van der Waals surface area contributed by atoms with Crippen LogP contribution in [0.15, 0.2) is 84.9 Å². The smallest absolute Gasteiger partial charge is 0.332 e. The standard InChI is InChI=1S/C23H20N2O3/c1-28-20-14-12-19(13-15-20)25-21(18-10-6-3-7-11-18)22(26)24(23(25)27)16-17-8-4-2-5-9-17/h2-15,21H,16H2,1H3. The van der Waals surface area contributed by atoms with Crippen molar-refractivity contribution < 1.29 is 14.3 Å². The van der Waals surface area contributed by atoms with E-state index in [1.165, 1.54) is 4.90 Å². The molecule has 1 heterocycles. The maximum atomic E-state index is 13.3. The van der Waals surface area contributed by atoms with Gasteiger partial charge in [-0.15, -0.1) is 0 Å². The Morgan fingerprint density at radius 2 is 1.43 bits per heavy atom. The van der Waals surface area contributed by atoms with Gasteiger partial charge in [0.05, 0.1) is 13.7 Å². The lowest BCUT2D eigenvalue weighted by Crippen LogP contribution is -2.32. The van der Waals surface area contributed by atoms with Crippen molar-refractivity contribution in [3.05, 3.63) is 96.1 Å². The number of hydrogen-bond acceptors (Lipinski definition) is 3. The van der Waals surface area contributed by atoms with Gasteiger partial charge in [0.15, 0.2) is 0 Å². The summed E-state index contributed by atoms with van der Waals surface area (Å²) in [5.74, 6) is 0.468. The second-order valence-electron chi connectivity index (χ2n) is 6.57. The minimum Gasteiger partial charge on any atom is -0.497 e. The van der Waals surface area contributed by atoms with E-state index in [4.69, 9.17) is 4.74 Å². The first-order valence-electron chi connectivity index (χ1n) is 9.06. The Labute approximate surface area is 163 Å². The first-order valence-corrected chi connectivity index (χ1v) is 9.06. The number of methoxy groups -OCH3 is 1. The molecule has 0 radical (unpaired) electrons. The summed E-state index contributed by atoms with van der Waals surface area (Å²) in [5, 5.41) is 0. The molecule has 0 aliphatic carbocycles. The van der Waals surface area contributed by atoms with Crippen LogP contribution >= 0.6 is 0 Å². The first kappa shape index (κ1) is 17.8. The average molecular weight is 372 g/mol. The Kier molecular flexibility index (Phi) is 4.81. The van der Waals surface area contributed by atoms with Gasteiger partial charge in [-0.2, -0.15) is 0 Å². The van der Waals surface area contributed by atoms with E-state index in [1.807, 2.05) is 60.7 Å². The monoisotopic (exact) mass is 372 g/mol. The molecule has 1 fully saturated rings. The SMILES string of the molecule is COc1ccc(N2C(=O)N(Cc3ccccc3)C(=O)C2c2ccccc2)cc1. The fraction of sp³-hybridized carbons (Fsp3) is 0.130. The molecule has 0 saturated carbocycles. The summed E-state index contributed by atoms with van der Waals surface area (Å²) in [5.41, 5.74) is 2.35. The fourth-order valence-corrected chi connectivity index (χ4v) is 3.43. The molecule has 0 spiro atoms. The van der Waals surface area contributed by atoms with Crippen LogP contribution in [-0.4, -0.2) is 23.9 Å². The zero-order valence-electron chi connectivity index (χ0n) is 15.5. The number of hydrogen-bond donors (Lipinski definition) is 0. The predicted octanol–water partition coefficient (Wildman–Crippen LogP) is 4.41. The molecule has 0 aromatic heterocycles. The second-order valence-corrected chi connectivity index (χ2v) is 6.57. The number of anilines is 1. The molecule has 3 amide bonds. The van der Waals surface area contributed by atoms with E-state index >= 15 is 0 Å². The zero-order valence-corrected chi connectivity index (χ0v) is 15.5. The van der Waals surface area contributed by atoms with Crippen LogP contribution in [0.3, 0.4) is 0 Å². The quantitative estimate of drug-likeness (QED) is 0.624. The average Bonchev–Trinajstić information content (AvgIpc) is 3.00. The van der Waals surface area contributed by atoms with Gasteiger partial charge in [0.25, 0.3) is 5.91 Å². The third-order valence-electron chi connectivity index (χ3n) is 4.84. The fourth-order valence-electron chi connectivity index (χ4n) is 3.43. The van der Waals surface area contributed by atoms with Crippen molar-refractivity contribution >= 4 is 17.6 Å². The van der Waals surface area contributed by atoms with Gasteiger partial charge in [-0.05, 0) is 35.4 Å². The molecule has 1 unspecified atom stereocenters. The Balaban J connectivity index is 1.74. The van der Waals surface area contributed by atoms with Gasteiger partial charge in [0.2, 0.25) is 0 Å². The highest BCUT2D eigenvalue weighted by atomic mass is 16.5. The van der Waals surface area contributed by atoms with Crippen molar-refractivity contribution in [1.82, 2.24) is 4.90 Å². The van der Waals surface area contributed by atoms with E-state index in [0.29, 0.717) is 11.4 Å². The summed E-state index contributed by atoms with van der Waals surface area (Å²) >= 11 is 0. The largest absolute Gasteiger partial charge is 0.497 e. The van der Waals surface area contributed by atoms with Gasteiger partial charge in [-0.25, -0.2) is 4.79 Å². The van der Waals surface area contributed by atoms with Crippen LogP contribution < -0.4 is 9.64 Å². The summed E-state index contributed by atoms with van der Waals surface area (Å²) in [6.45, 7) is 0.245. The van der Waals surface area contributed by atoms with Crippen molar-refractivity contribution in [2.45, 2.75) is 12.6 Å². The Hall–Kier alpha value is -3.60. The Bertz CT molecular complexity index is 972. The van der Waals surface area contributed by atoms with Crippen molar-refractivity contribution in [3.8, 4) is 5.75 Å². The van der Waals surface area contributed by atoms with E-state index in [2.05, 4.69) is 0 Å². The third-order valence-corrected chi connectivity index (χ3v) is 4.84. The van der Waals surface area contributed by atoms with E-state index < -0.39 is 6.04 Å². The molecule has 1 aliphatic rings. The highest BCUT2D eigenvalue weighted by Crippen LogP contribution is 2.36. The number of rotatable bonds is 5. The Morgan fingerprint density at radius 1 is 0.821 bits per heavy atom. The highest BCUT2D eigenvalue weighted by Gasteiger charge is 2.46. The molecular formula is C23H20N2O3. The molecule has 4 rings (SSSR count). The van der Waals surface area contributed by atoms with Crippen molar-refractivity contribution in [3.63, 3.8) is 0 Å². The van der Waals surface area contributed by atoms with Gasteiger partial charge in [0.1, 0.15) is 11.8 Å². The number of carbonyl (C=O) groups is 2. The minimum atomic E-state index is -0.689. The predicted molar refractivity (Wildman–Crippen MR) is 107 cm³/mol. The van der Waals surface area contributed by atoms with Crippen molar-refractivity contribution in [1.29, 1.82) is 0 Å². The van der Waals surface area contributed by atoms with Crippen LogP contribution in [0, 0.1) is 0 Å². The number of amides is 3. The lowest BCUT2D eigenvalue weighted by molar-refractivity contribution is -0.127. The molecule has 1 saturated heterocycles. The summed E-state index contributed by atoms with van der Waals surface area (Å²) in [4.78, 5) is 29.4. The normalized spacial score (nSPS) is 16.5. The molecule has 1 atom stereocenters. The van der Waals surface area contributed by atoms with E-state index in [-0.39, 0.29) is 18.5 Å². The van der Waals surface area contributed by atoms with Crippen LogP contribution in [0.2, 0.25) is 0 Å². The van der Waals surface area contributed by atoms with Crippen molar-refractivity contribution in [2.75, 3.05) is 12.0 Å². The molecule has 140 valence electrons. The maximum absolute atomic E-state index is 13.3. The lowest BCUT2D eigenvalue weighted by atomic mass is 10.1. The number of urea groups is 1. The van der Waals surface area contributed by atoms with Crippen LogP contribution in [0.1, 0.15) is 17.2 Å². The number of ether oxygens (including phenoxy) is 1. The van der Waals surface area contributed by atoms with E-state index in [9.17, 15) is 9.59 Å². The van der Waals surface area contributed by atoms with Gasteiger partial charge in [-0.3, -0.25) is 14.6 Å². The topological polar surface area (TPSA) is 49.9 Å². The summed E-state index contributed by atoms with van der Waals surface area (Å²) < 4.78 is 5.21. The maximum Gasteiger partial charge on any atom is 0.332 e. The van der Waals surface area contributed by atoms with Crippen molar-refractivity contribution in [2.24, 2.45) is 0 Å². The number of nitrogens with zero attached hydrogens (tertiary/aromatic N) is 2. The molecule has 3 aromatic rings. The van der Waals surface area contributed by atoms with Crippen LogP contribution in [0.5, 0.6) is 5.75 Å². The van der Waals surface area contributed by atoms with Crippen LogP contribution in [-0.2, 0) is 11.3 Å². The number of imide groups is 1. The van der Waals surface area contributed by atoms with Crippen LogP contribution in [0.25, 0.3) is 0 Å². The summed E-state index contributed by atoms with van der Waals surface area (Å²) in [6.07, 6.45) is 0. The number of benzene rings is 3. The lowest BCUT2D eigenvalue weighted by Gasteiger charge is -2.22. The molecular weight excluding hydrogens is 352 g/mol. The molecule has 28 heavy (non-hydrogen) atoms. The molecule has 3 aromatic carbocycles. The zero-order chi connectivity index (χ0) is 19.5. The van der Waals surface area contributed by atoms with Gasteiger partial charge in [-0.1, -0.05) is 60.7 Å². The first-order chi connectivity index (χ1) is 13.7. The van der Waals surface area contributed by atoms with Gasteiger partial charge in [0, 0.05) is 5.69 Å². The van der Waals surface area contributed by atoms with Gasteiger partial charge >= 0.3 is 6.03 Å². The molecule has 0 bridgehead atoms. The molecule has 5 nitrogen and oxygen atoms in total. The van der Waals surface area contributed by atoms with Crippen LogP contribution in [0.4, 0.5) is 10.5 Å². The summed E-state index contributed by atoms with van der Waals surface area (Å²) in [7, 11) is 1.59. The van der Waals surface area contributed by atoms with Gasteiger partial charge < -0.3 is 4.74 Å². The molecule has 5 heteroatoms. The van der Waals surface area contributed by atoms with E-state index in [0.717, 1.165) is 11.1 Å².